The summed E-state index contributed by atoms with van der Waals surface area (Å²) >= 11 is 1.03. The molecule has 0 spiro atoms. The Labute approximate surface area is 126 Å². The smallest absolute Gasteiger partial charge is 0.335 e. The van der Waals surface area contributed by atoms with Crippen molar-refractivity contribution in [3.05, 3.63) is 39.9 Å². The number of aryl methyl sites for hydroxylation is 1. The molecule has 0 aliphatic carbocycles. The van der Waals surface area contributed by atoms with E-state index in [9.17, 15) is 9.59 Å². The first kappa shape index (κ1) is 15.1. The number of nitrogens with one attached hydrogen (secondary N) is 1. The minimum Gasteiger partial charge on any atom is -0.478 e. The second-order valence-electron chi connectivity index (χ2n) is 4.93. The average Bonchev–Trinajstić information content (AvgIpc) is 2.90. The number of hydrogen-bond acceptors (Lipinski definition) is 5. The van der Waals surface area contributed by atoms with E-state index in [1.807, 2.05) is 13.8 Å². The lowest BCUT2D eigenvalue weighted by molar-refractivity contribution is 0.0696. The fourth-order valence-corrected chi connectivity index (χ4v) is 2.52. The zero-order chi connectivity index (χ0) is 15.6. The number of carbonyl (C=O) groups excluding carboxylic acids is 1. The predicted octanol–water partition coefficient (Wildman–Crippen LogP) is 2.92. The molecule has 1 aromatic heterocycles. The maximum absolute atomic E-state index is 12.3. The minimum atomic E-state index is -1.03. The van der Waals surface area contributed by atoms with Crippen LogP contribution in [0, 0.1) is 6.92 Å². The summed E-state index contributed by atoms with van der Waals surface area (Å²) in [5, 5.41) is 15.7. The van der Waals surface area contributed by atoms with Crippen molar-refractivity contribution in [1.82, 2.24) is 9.59 Å². The summed E-state index contributed by atoms with van der Waals surface area (Å²) in [6, 6.07) is 4.60. The van der Waals surface area contributed by atoms with Crippen molar-refractivity contribution in [3.8, 4) is 0 Å². The Morgan fingerprint density at radius 3 is 2.67 bits per heavy atom. The van der Waals surface area contributed by atoms with Crippen molar-refractivity contribution < 1.29 is 14.7 Å². The van der Waals surface area contributed by atoms with Crippen LogP contribution in [-0.2, 0) is 0 Å². The number of carboxylic acid groups (broad SMARTS) is 1. The monoisotopic (exact) mass is 305 g/mol. The lowest BCUT2D eigenvalue weighted by Crippen LogP contribution is -2.14. The summed E-state index contributed by atoms with van der Waals surface area (Å²) in [7, 11) is 0. The van der Waals surface area contributed by atoms with Gasteiger partial charge in [-0.15, -0.1) is 5.10 Å². The van der Waals surface area contributed by atoms with Crippen LogP contribution >= 0.6 is 11.5 Å². The minimum absolute atomic E-state index is 0.0935. The highest BCUT2D eigenvalue weighted by Gasteiger charge is 2.19. The maximum Gasteiger partial charge on any atom is 0.335 e. The molecular weight excluding hydrogens is 290 g/mol. The topological polar surface area (TPSA) is 92.2 Å². The molecule has 1 amide bonds. The van der Waals surface area contributed by atoms with Gasteiger partial charge in [-0.2, -0.15) is 0 Å². The van der Waals surface area contributed by atoms with E-state index in [-0.39, 0.29) is 17.4 Å². The van der Waals surface area contributed by atoms with Gasteiger partial charge in [0.1, 0.15) is 4.88 Å². The highest BCUT2D eigenvalue weighted by molar-refractivity contribution is 7.08. The number of nitrogens with zero attached hydrogens (tertiary/aromatic N) is 2. The number of aromatic carboxylic acids is 1. The first-order valence-electron chi connectivity index (χ1n) is 6.37. The number of carbonyl (C=O) groups is 2. The van der Waals surface area contributed by atoms with Gasteiger partial charge >= 0.3 is 5.97 Å². The van der Waals surface area contributed by atoms with Crippen molar-refractivity contribution >= 4 is 29.1 Å². The first-order valence-corrected chi connectivity index (χ1v) is 7.15. The summed E-state index contributed by atoms with van der Waals surface area (Å²) in [5.74, 6) is -1.26. The summed E-state index contributed by atoms with van der Waals surface area (Å²) in [4.78, 5) is 23.7. The van der Waals surface area contributed by atoms with Crippen LogP contribution in [0.2, 0.25) is 0 Å². The largest absolute Gasteiger partial charge is 0.478 e. The van der Waals surface area contributed by atoms with Crippen molar-refractivity contribution in [2.24, 2.45) is 0 Å². The van der Waals surface area contributed by atoms with Crippen molar-refractivity contribution in [1.29, 1.82) is 0 Å². The molecule has 7 heteroatoms. The van der Waals surface area contributed by atoms with Gasteiger partial charge in [-0.3, -0.25) is 4.79 Å². The van der Waals surface area contributed by atoms with Crippen LogP contribution < -0.4 is 5.32 Å². The molecule has 0 aliphatic rings. The zero-order valence-electron chi connectivity index (χ0n) is 11.9. The van der Waals surface area contributed by atoms with Gasteiger partial charge in [-0.05, 0) is 42.1 Å². The maximum atomic E-state index is 12.3. The number of aromatic nitrogens is 2. The van der Waals surface area contributed by atoms with Crippen LogP contribution in [0.1, 0.15) is 51.1 Å². The van der Waals surface area contributed by atoms with E-state index in [2.05, 4.69) is 14.9 Å². The third kappa shape index (κ3) is 3.25. The van der Waals surface area contributed by atoms with Crippen LogP contribution in [0.25, 0.3) is 0 Å². The third-order valence-corrected chi connectivity index (χ3v) is 3.74. The Kier molecular flexibility index (Phi) is 4.32. The normalized spacial score (nSPS) is 10.7. The molecule has 2 rings (SSSR count). The zero-order valence-corrected chi connectivity index (χ0v) is 12.7. The molecule has 6 nitrogen and oxygen atoms in total. The summed E-state index contributed by atoms with van der Waals surface area (Å²) in [6.45, 7) is 5.67. The van der Waals surface area contributed by atoms with Gasteiger partial charge in [-0.1, -0.05) is 24.4 Å². The Bertz CT molecular complexity index is 695. The standard InChI is InChI=1S/C14H15N3O3S/c1-7(2)11-12(21-17-16-11)13(18)15-10-6-9(14(19)20)5-4-8(10)3/h4-7H,1-3H3,(H,15,18)(H,19,20). The number of amides is 1. The quantitative estimate of drug-likeness (QED) is 0.906. The molecule has 0 fully saturated rings. The van der Waals surface area contributed by atoms with Gasteiger partial charge < -0.3 is 10.4 Å². The van der Waals surface area contributed by atoms with E-state index in [0.717, 1.165) is 17.1 Å². The Hall–Kier alpha value is -2.28. The fraction of sp³-hybridized carbons (Fsp3) is 0.286. The second kappa shape index (κ2) is 6.01. The van der Waals surface area contributed by atoms with Crippen LogP contribution in [0.5, 0.6) is 0 Å². The molecule has 2 N–H and O–H groups in total. The van der Waals surface area contributed by atoms with Crippen molar-refractivity contribution in [2.45, 2.75) is 26.7 Å². The van der Waals surface area contributed by atoms with Gasteiger partial charge in [0, 0.05) is 5.69 Å². The molecule has 21 heavy (non-hydrogen) atoms. The number of benzene rings is 1. The summed E-state index contributed by atoms with van der Waals surface area (Å²) < 4.78 is 3.81. The summed E-state index contributed by atoms with van der Waals surface area (Å²) in [5.41, 5.74) is 2.03. The molecule has 2 aromatic rings. The molecule has 0 radical (unpaired) electrons. The lowest BCUT2D eigenvalue weighted by Gasteiger charge is -2.09. The van der Waals surface area contributed by atoms with Gasteiger partial charge in [0.05, 0.1) is 11.3 Å². The second-order valence-corrected chi connectivity index (χ2v) is 5.69. The molecule has 0 saturated heterocycles. The molecule has 0 saturated carbocycles. The van der Waals surface area contributed by atoms with Gasteiger partial charge in [0.15, 0.2) is 0 Å². The van der Waals surface area contributed by atoms with E-state index in [1.54, 1.807) is 13.0 Å². The van der Waals surface area contributed by atoms with E-state index < -0.39 is 5.97 Å². The molecule has 110 valence electrons. The highest BCUT2D eigenvalue weighted by atomic mass is 32.1. The third-order valence-electron chi connectivity index (χ3n) is 3.00. The van der Waals surface area contributed by atoms with E-state index in [0.29, 0.717) is 16.3 Å². The SMILES string of the molecule is Cc1ccc(C(=O)O)cc1NC(=O)c1snnc1C(C)C. The molecule has 1 aromatic carbocycles. The fourth-order valence-electron chi connectivity index (χ4n) is 1.80. The molecule has 0 bridgehead atoms. The predicted molar refractivity (Wildman–Crippen MR) is 80.1 cm³/mol. The number of anilines is 1. The van der Waals surface area contributed by atoms with Crippen LogP contribution in [0.4, 0.5) is 5.69 Å². The Morgan fingerprint density at radius 1 is 1.33 bits per heavy atom. The Balaban J connectivity index is 2.29. The number of rotatable bonds is 4. The molecule has 0 atom stereocenters. The molecule has 1 heterocycles. The molecule has 0 aliphatic heterocycles. The van der Waals surface area contributed by atoms with E-state index in [4.69, 9.17) is 5.11 Å². The van der Waals surface area contributed by atoms with Crippen LogP contribution in [-0.4, -0.2) is 26.6 Å². The van der Waals surface area contributed by atoms with Crippen molar-refractivity contribution in [2.75, 3.05) is 5.32 Å². The first-order chi connectivity index (χ1) is 9.90. The van der Waals surface area contributed by atoms with Gasteiger partial charge in [0.25, 0.3) is 5.91 Å². The highest BCUT2D eigenvalue weighted by Crippen LogP contribution is 2.23. The van der Waals surface area contributed by atoms with Gasteiger partial charge in [-0.25, -0.2) is 4.79 Å². The van der Waals surface area contributed by atoms with Crippen LogP contribution in [0.15, 0.2) is 18.2 Å². The Morgan fingerprint density at radius 2 is 2.05 bits per heavy atom. The number of hydrogen-bond donors (Lipinski definition) is 2. The van der Waals surface area contributed by atoms with E-state index in [1.165, 1.54) is 12.1 Å². The number of carboxylic acids is 1. The van der Waals surface area contributed by atoms with Gasteiger partial charge in [0.2, 0.25) is 0 Å². The summed E-state index contributed by atoms with van der Waals surface area (Å²) in [6.07, 6.45) is 0. The van der Waals surface area contributed by atoms with Crippen LogP contribution in [0.3, 0.4) is 0 Å². The van der Waals surface area contributed by atoms with Crippen molar-refractivity contribution in [3.63, 3.8) is 0 Å². The lowest BCUT2D eigenvalue weighted by atomic mass is 10.1. The molecular formula is C14H15N3O3S. The average molecular weight is 305 g/mol. The van der Waals surface area contributed by atoms with E-state index >= 15 is 0 Å². The molecule has 0 unspecified atom stereocenters.